The van der Waals surface area contributed by atoms with Gasteiger partial charge in [-0.2, -0.15) is 0 Å². The Kier molecular flexibility index (Phi) is 4.57. The highest BCUT2D eigenvalue weighted by Gasteiger charge is 2.16. The molecule has 1 aromatic carbocycles. The molecule has 0 aliphatic heterocycles. The molecule has 0 saturated heterocycles. The first kappa shape index (κ1) is 14.7. The van der Waals surface area contributed by atoms with Crippen molar-refractivity contribution in [2.45, 2.75) is 25.1 Å². The van der Waals surface area contributed by atoms with Crippen molar-refractivity contribution in [3.63, 3.8) is 0 Å². The summed E-state index contributed by atoms with van der Waals surface area (Å²) >= 11 is 0. The van der Waals surface area contributed by atoms with Gasteiger partial charge in [-0.25, -0.2) is 17.5 Å². The van der Waals surface area contributed by atoms with Crippen molar-refractivity contribution in [2.24, 2.45) is 0 Å². The molecule has 1 aromatic heterocycles. The van der Waals surface area contributed by atoms with Gasteiger partial charge in [0.1, 0.15) is 5.82 Å². The number of nitrogens with one attached hydrogen (secondary N) is 1. The lowest BCUT2D eigenvalue weighted by molar-refractivity contribution is 0.548. The number of hydrogen-bond acceptors (Lipinski definition) is 3. The maximum atomic E-state index is 12.8. The van der Waals surface area contributed by atoms with Crippen LogP contribution < -0.4 is 4.72 Å². The highest BCUT2D eigenvalue weighted by molar-refractivity contribution is 7.88. The molecule has 1 unspecified atom stereocenters. The van der Waals surface area contributed by atoms with Gasteiger partial charge in [-0.3, -0.25) is 0 Å². The molecule has 108 valence electrons. The number of hydrogen-bond donors (Lipinski definition) is 1. The minimum atomic E-state index is -3.45. The SMILES string of the molecule is CC(Cc1ccoc1)NS(=O)(=O)Cc1ccc(F)cc1. The van der Waals surface area contributed by atoms with Crippen LogP contribution in [0, 0.1) is 5.82 Å². The standard InChI is InChI=1S/C14H16FNO3S/c1-11(8-13-6-7-19-9-13)16-20(17,18)10-12-2-4-14(15)5-3-12/h2-7,9,11,16H,8,10H2,1H3. The van der Waals surface area contributed by atoms with E-state index in [9.17, 15) is 12.8 Å². The third-order valence-electron chi connectivity index (χ3n) is 2.77. The monoisotopic (exact) mass is 297 g/mol. The van der Waals surface area contributed by atoms with E-state index in [4.69, 9.17) is 4.42 Å². The van der Waals surface area contributed by atoms with Gasteiger partial charge in [0.25, 0.3) is 0 Å². The lowest BCUT2D eigenvalue weighted by Crippen LogP contribution is -2.34. The summed E-state index contributed by atoms with van der Waals surface area (Å²) in [7, 11) is -3.45. The van der Waals surface area contributed by atoms with Crippen molar-refractivity contribution in [3.8, 4) is 0 Å². The quantitative estimate of drug-likeness (QED) is 0.891. The number of halogens is 1. The molecule has 1 N–H and O–H groups in total. The van der Waals surface area contributed by atoms with E-state index in [1.54, 1.807) is 25.5 Å². The molecule has 20 heavy (non-hydrogen) atoms. The second-order valence-electron chi connectivity index (χ2n) is 4.74. The van der Waals surface area contributed by atoms with Gasteiger partial charge in [-0.1, -0.05) is 12.1 Å². The third-order valence-corrected chi connectivity index (χ3v) is 4.25. The molecule has 1 heterocycles. The molecule has 0 aliphatic carbocycles. The van der Waals surface area contributed by atoms with Crippen molar-refractivity contribution in [2.75, 3.05) is 0 Å². The predicted molar refractivity (Wildman–Crippen MR) is 74.0 cm³/mol. The van der Waals surface area contributed by atoms with E-state index in [1.165, 1.54) is 24.3 Å². The molecule has 0 spiro atoms. The first-order chi connectivity index (χ1) is 9.44. The highest BCUT2D eigenvalue weighted by Crippen LogP contribution is 2.09. The van der Waals surface area contributed by atoms with Gasteiger partial charge in [0.05, 0.1) is 18.3 Å². The predicted octanol–water partition coefficient (Wildman–Crippen LogP) is 2.47. The molecular formula is C14H16FNO3S. The summed E-state index contributed by atoms with van der Waals surface area (Å²) in [5.41, 5.74) is 1.48. The van der Waals surface area contributed by atoms with Crippen LogP contribution in [0.15, 0.2) is 47.3 Å². The van der Waals surface area contributed by atoms with Gasteiger partial charge in [0.15, 0.2) is 0 Å². The van der Waals surface area contributed by atoms with Crippen LogP contribution in [0.25, 0.3) is 0 Å². The zero-order chi connectivity index (χ0) is 14.6. The minimum absolute atomic E-state index is 0.164. The van der Waals surface area contributed by atoms with E-state index in [1.807, 2.05) is 0 Å². The van der Waals surface area contributed by atoms with Gasteiger partial charge < -0.3 is 4.42 Å². The van der Waals surface area contributed by atoms with Crippen LogP contribution in [0.3, 0.4) is 0 Å². The van der Waals surface area contributed by atoms with Crippen LogP contribution in [0.2, 0.25) is 0 Å². The number of furan rings is 1. The lowest BCUT2D eigenvalue weighted by Gasteiger charge is -2.13. The fraction of sp³-hybridized carbons (Fsp3) is 0.286. The van der Waals surface area contributed by atoms with Crippen molar-refractivity contribution in [1.82, 2.24) is 4.72 Å². The molecule has 4 nitrogen and oxygen atoms in total. The largest absolute Gasteiger partial charge is 0.472 e. The summed E-state index contributed by atoms with van der Waals surface area (Å²) in [4.78, 5) is 0. The number of rotatable bonds is 6. The molecule has 0 fully saturated rings. The molecule has 6 heteroatoms. The molecule has 0 bridgehead atoms. The van der Waals surface area contributed by atoms with Crippen molar-refractivity contribution in [3.05, 3.63) is 59.8 Å². The minimum Gasteiger partial charge on any atom is -0.472 e. The molecule has 0 saturated carbocycles. The summed E-state index contributed by atoms with van der Waals surface area (Å²) in [6, 6.07) is 6.99. The molecule has 0 amide bonds. The Morgan fingerprint density at radius 3 is 2.50 bits per heavy atom. The van der Waals surface area contributed by atoms with Gasteiger partial charge in [-0.15, -0.1) is 0 Å². The van der Waals surface area contributed by atoms with Crippen molar-refractivity contribution in [1.29, 1.82) is 0 Å². The summed E-state index contributed by atoms with van der Waals surface area (Å²) in [6.45, 7) is 1.79. The topological polar surface area (TPSA) is 59.3 Å². The molecule has 1 atom stereocenters. The van der Waals surface area contributed by atoms with Crippen LogP contribution >= 0.6 is 0 Å². The average Bonchev–Trinajstić information content (AvgIpc) is 2.83. The Hall–Kier alpha value is -1.66. The Balaban J connectivity index is 1.94. The maximum Gasteiger partial charge on any atom is 0.216 e. The maximum absolute atomic E-state index is 12.8. The molecule has 0 aliphatic rings. The van der Waals surface area contributed by atoms with Gasteiger partial charge in [-0.05, 0) is 42.7 Å². The van der Waals surface area contributed by atoms with Gasteiger partial charge >= 0.3 is 0 Å². The molecular weight excluding hydrogens is 281 g/mol. The van der Waals surface area contributed by atoms with Gasteiger partial charge in [0, 0.05) is 6.04 Å². The highest BCUT2D eigenvalue weighted by atomic mass is 32.2. The molecule has 2 rings (SSSR count). The van der Waals surface area contributed by atoms with Crippen molar-refractivity contribution >= 4 is 10.0 Å². The first-order valence-electron chi connectivity index (χ1n) is 6.20. The summed E-state index contributed by atoms with van der Waals surface area (Å²) in [6.07, 6.45) is 3.69. The summed E-state index contributed by atoms with van der Waals surface area (Å²) in [5.74, 6) is -0.546. The van der Waals surface area contributed by atoms with E-state index in [0.29, 0.717) is 12.0 Å². The van der Waals surface area contributed by atoms with E-state index in [0.717, 1.165) is 5.56 Å². The van der Waals surface area contributed by atoms with Crippen molar-refractivity contribution < 1.29 is 17.2 Å². The number of sulfonamides is 1. The Morgan fingerprint density at radius 1 is 1.20 bits per heavy atom. The summed E-state index contributed by atoms with van der Waals surface area (Å²) in [5, 5.41) is 0. The molecule has 0 radical (unpaired) electrons. The second kappa shape index (κ2) is 6.19. The average molecular weight is 297 g/mol. The second-order valence-corrected chi connectivity index (χ2v) is 6.49. The first-order valence-corrected chi connectivity index (χ1v) is 7.85. The zero-order valence-corrected chi connectivity index (χ0v) is 11.9. The molecule has 2 aromatic rings. The number of benzene rings is 1. The van der Waals surface area contributed by atoms with Gasteiger partial charge in [0.2, 0.25) is 10.0 Å². The van der Waals surface area contributed by atoms with Crippen LogP contribution in [0.5, 0.6) is 0 Å². The van der Waals surface area contributed by atoms with E-state index in [2.05, 4.69) is 4.72 Å². The lowest BCUT2D eigenvalue weighted by atomic mass is 10.1. The smallest absolute Gasteiger partial charge is 0.216 e. The van der Waals surface area contributed by atoms with Crippen LogP contribution in [-0.2, 0) is 22.2 Å². The Bertz CT molecular complexity index is 636. The van der Waals surface area contributed by atoms with E-state index in [-0.39, 0.29) is 17.6 Å². The van der Waals surface area contributed by atoms with Crippen LogP contribution in [0.4, 0.5) is 4.39 Å². The summed E-state index contributed by atoms with van der Waals surface area (Å²) < 4.78 is 44.3. The fourth-order valence-electron chi connectivity index (χ4n) is 1.95. The Morgan fingerprint density at radius 2 is 1.90 bits per heavy atom. The third kappa shape index (κ3) is 4.47. The Labute approximate surface area is 117 Å². The normalized spacial score (nSPS) is 13.3. The van der Waals surface area contributed by atoms with E-state index < -0.39 is 10.0 Å². The fourth-order valence-corrected chi connectivity index (χ4v) is 3.36. The van der Waals surface area contributed by atoms with E-state index >= 15 is 0 Å². The van der Waals surface area contributed by atoms with Crippen LogP contribution in [-0.4, -0.2) is 14.5 Å². The van der Waals surface area contributed by atoms with Crippen LogP contribution in [0.1, 0.15) is 18.1 Å². The zero-order valence-electron chi connectivity index (χ0n) is 11.0.